The first-order chi connectivity index (χ1) is 21.1. The molecular formula is C25H19ClF9N5O4S2. The molecule has 2 amide bonds. The molecule has 46 heavy (non-hydrogen) atoms. The van der Waals surface area contributed by atoms with Crippen molar-refractivity contribution in [1.29, 1.82) is 0 Å². The second kappa shape index (κ2) is 11.7. The van der Waals surface area contributed by atoms with Crippen LogP contribution in [0, 0.1) is 0 Å². The molecule has 0 atom stereocenters. The third kappa shape index (κ3) is 6.85. The van der Waals surface area contributed by atoms with Crippen LogP contribution in [0.4, 0.5) is 51.1 Å². The number of thiophene rings is 1. The van der Waals surface area contributed by atoms with Crippen molar-refractivity contribution in [2.75, 3.05) is 24.2 Å². The first-order valence-corrected chi connectivity index (χ1v) is 15.7. The summed E-state index contributed by atoms with van der Waals surface area (Å²) in [6.45, 7) is -2.06. The van der Waals surface area contributed by atoms with Crippen LogP contribution in [0.1, 0.15) is 21.6 Å². The number of nitrogens with zero attached hydrogens (tertiary/aromatic N) is 4. The number of aromatic nitrogens is 2. The van der Waals surface area contributed by atoms with E-state index >= 15 is 0 Å². The Balaban J connectivity index is 1.49. The second-order valence-corrected chi connectivity index (χ2v) is 13.9. The van der Waals surface area contributed by atoms with Crippen LogP contribution in [0.5, 0.6) is 0 Å². The summed E-state index contributed by atoms with van der Waals surface area (Å²) in [7, 11) is -3.81. The number of hydrogen-bond donors (Lipinski definition) is 3. The van der Waals surface area contributed by atoms with Gasteiger partial charge in [0.2, 0.25) is 5.95 Å². The van der Waals surface area contributed by atoms with Gasteiger partial charge in [-0.05, 0) is 35.7 Å². The number of anilines is 2. The Morgan fingerprint density at radius 1 is 0.913 bits per heavy atom. The lowest BCUT2D eigenvalue weighted by Gasteiger charge is -2.31. The van der Waals surface area contributed by atoms with Crippen molar-refractivity contribution in [2.45, 2.75) is 42.9 Å². The maximum Gasteiger partial charge on any atom is 0.471 e. The molecule has 0 saturated carbocycles. The summed E-state index contributed by atoms with van der Waals surface area (Å²) in [5, 5.41) is 2.56. The Labute approximate surface area is 263 Å². The highest BCUT2D eigenvalue weighted by Crippen LogP contribution is 2.55. The third-order valence-electron chi connectivity index (χ3n) is 7.04. The molecule has 2 aliphatic heterocycles. The fourth-order valence-corrected chi connectivity index (χ4v) is 8.19. The summed E-state index contributed by atoms with van der Waals surface area (Å²) < 4.78 is 141. The smallest absolute Gasteiger partial charge is 0.330 e. The van der Waals surface area contributed by atoms with Crippen LogP contribution in [-0.4, -0.2) is 71.9 Å². The first-order valence-electron chi connectivity index (χ1n) is 12.8. The van der Waals surface area contributed by atoms with E-state index < -0.39 is 77.0 Å². The van der Waals surface area contributed by atoms with E-state index in [0.717, 1.165) is 6.07 Å². The van der Waals surface area contributed by atoms with Gasteiger partial charge in [-0.2, -0.15) is 50.1 Å². The molecular weight excluding hydrogens is 705 g/mol. The highest BCUT2D eigenvalue weighted by molar-refractivity contribution is 8.24. The summed E-state index contributed by atoms with van der Waals surface area (Å²) in [4.78, 5) is 31.3. The van der Waals surface area contributed by atoms with Gasteiger partial charge >= 0.3 is 30.3 Å². The summed E-state index contributed by atoms with van der Waals surface area (Å²) >= 11 is 6.78. The van der Waals surface area contributed by atoms with Crippen LogP contribution in [-0.2, 0) is 35.3 Å². The van der Waals surface area contributed by atoms with Crippen molar-refractivity contribution >= 4 is 57.0 Å². The van der Waals surface area contributed by atoms with Crippen molar-refractivity contribution in [3.05, 3.63) is 51.0 Å². The number of amides is 2. The molecule has 0 spiro atoms. The lowest BCUT2D eigenvalue weighted by Crippen LogP contribution is -2.43. The van der Waals surface area contributed by atoms with Crippen molar-refractivity contribution in [2.24, 2.45) is 0 Å². The fraction of sp³-hybridized carbons (Fsp3) is 0.360. The van der Waals surface area contributed by atoms with E-state index in [1.807, 2.05) is 0 Å². The number of benzene rings is 1. The predicted molar refractivity (Wildman–Crippen MR) is 148 cm³/mol. The largest absolute Gasteiger partial charge is 0.471 e. The zero-order valence-electron chi connectivity index (χ0n) is 22.6. The highest BCUT2D eigenvalue weighted by atomic mass is 35.5. The summed E-state index contributed by atoms with van der Waals surface area (Å²) in [5.74, 6) is -5.39. The lowest BCUT2D eigenvalue weighted by molar-refractivity contribution is -0.186. The van der Waals surface area contributed by atoms with Crippen molar-refractivity contribution in [3.8, 4) is 10.6 Å². The summed E-state index contributed by atoms with van der Waals surface area (Å²) in [5.41, 5.74) is -1.25. The van der Waals surface area contributed by atoms with Gasteiger partial charge in [-0.3, -0.25) is 18.7 Å². The van der Waals surface area contributed by atoms with Crippen molar-refractivity contribution in [1.82, 2.24) is 19.8 Å². The number of alkyl halides is 9. The molecule has 9 nitrogen and oxygen atoms in total. The number of carbonyl (C=O) groups excluding carboxylic acids is 2. The van der Waals surface area contributed by atoms with Gasteiger partial charge in [0.1, 0.15) is 5.56 Å². The van der Waals surface area contributed by atoms with E-state index in [9.17, 15) is 58.2 Å². The Kier molecular flexibility index (Phi) is 8.67. The minimum Gasteiger partial charge on any atom is -0.330 e. The molecule has 0 radical (unpaired) electrons. The monoisotopic (exact) mass is 723 g/mol. The van der Waals surface area contributed by atoms with Gasteiger partial charge in [-0.1, -0.05) is 11.6 Å². The van der Waals surface area contributed by atoms with Crippen LogP contribution < -0.4 is 5.32 Å². The molecule has 250 valence electrons. The van der Waals surface area contributed by atoms with Gasteiger partial charge in [0.05, 0.1) is 38.5 Å². The zero-order chi connectivity index (χ0) is 34.0. The van der Waals surface area contributed by atoms with Crippen molar-refractivity contribution < 1.29 is 58.2 Å². The Hall–Kier alpha value is -3.33. The summed E-state index contributed by atoms with van der Waals surface area (Å²) in [6.07, 6.45) is -14.9. The van der Waals surface area contributed by atoms with E-state index in [1.54, 1.807) is 0 Å². The topological polar surface area (TPSA) is 119 Å². The molecule has 3 N–H and O–H groups in total. The molecule has 0 saturated heterocycles. The number of carbonyl (C=O) groups is 2. The van der Waals surface area contributed by atoms with E-state index in [4.69, 9.17) is 11.6 Å². The molecule has 0 unspecified atom stereocenters. The molecule has 21 heteroatoms. The standard InChI is InChI=1S/C25H19ClF9N5O4S2/c26-14-5-12-9-39(20(41)24(30,31)32)2-1-11(12)6-15(14)37-22-36-8-13(23(27,28)29)19(38-22)16-7-18-17(45-16)10-40(3-4-46(18,43)44)21(42)25(33,34)35/h5-8,43-44H,1-4,9-10H2,(H,36,37,38). The number of nitrogens with one attached hydrogen (secondary N) is 1. The van der Waals surface area contributed by atoms with E-state index in [-0.39, 0.29) is 44.9 Å². The number of halogens is 10. The van der Waals surface area contributed by atoms with Gasteiger partial charge in [0.15, 0.2) is 0 Å². The quantitative estimate of drug-likeness (QED) is 0.247. The van der Waals surface area contributed by atoms with Gasteiger partial charge in [0.25, 0.3) is 0 Å². The maximum absolute atomic E-state index is 14.0. The van der Waals surface area contributed by atoms with Gasteiger partial charge in [-0.15, -0.1) is 11.3 Å². The lowest BCUT2D eigenvalue weighted by atomic mass is 9.99. The van der Waals surface area contributed by atoms with Gasteiger partial charge in [-0.25, -0.2) is 9.97 Å². The average molecular weight is 724 g/mol. The number of hydrogen-bond acceptors (Lipinski definition) is 8. The Morgan fingerprint density at radius 3 is 2.15 bits per heavy atom. The Bertz CT molecular complexity index is 1710. The molecule has 0 aliphatic carbocycles. The highest BCUT2D eigenvalue weighted by Gasteiger charge is 2.45. The van der Waals surface area contributed by atoms with Gasteiger partial charge in [0, 0.05) is 30.7 Å². The van der Waals surface area contributed by atoms with Crippen LogP contribution in [0.15, 0.2) is 29.3 Å². The molecule has 1 aromatic carbocycles. The first kappa shape index (κ1) is 34.0. The molecule has 5 rings (SSSR count). The van der Waals surface area contributed by atoms with E-state index in [1.165, 1.54) is 12.1 Å². The SMILES string of the molecule is O=C(N1CCc2cc(Nc3ncc(C(F)(F)F)c(-c4cc5c(s4)CN(C(=O)C(F)(F)F)CCS5(O)O)n3)c(Cl)cc2C1)C(F)(F)F. The molecule has 2 aromatic heterocycles. The number of rotatable bonds is 3. The third-order valence-corrected chi connectivity index (χ3v) is 10.4. The predicted octanol–water partition coefficient (Wildman–Crippen LogP) is 7.08. The normalized spacial score (nSPS) is 17.6. The molecule has 3 aromatic rings. The van der Waals surface area contributed by atoms with E-state index in [2.05, 4.69) is 15.3 Å². The second-order valence-electron chi connectivity index (χ2n) is 10.1. The number of fused-ring (bicyclic) bond motifs is 2. The molecule has 0 fully saturated rings. The molecule has 4 heterocycles. The van der Waals surface area contributed by atoms with Crippen LogP contribution >= 0.6 is 33.5 Å². The zero-order valence-corrected chi connectivity index (χ0v) is 25.0. The molecule has 2 aliphatic rings. The fourth-order valence-electron chi connectivity index (χ4n) is 4.85. The van der Waals surface area contributed by atoms with Crippen LogP contribution in [0.2, 0.25) is 5.02 Å². The maximum atomic E-state index is 14.0. The molecule has 0 bridgehead atoms. The van der Waals surface area contributed by atoms with Crippen LogP contribution in [0.25, 0.3) is 10.6 Å². The van der Waals surface area contributed by atoms with Gasteiger partial charge < -0.3 is 15.1 Å². The van der Waals surface area contributed by atoms with Crippen LogP contribution in [0.3, 0.4) is 0 Å². The Morgan fingerprint density at radius 2 is 1.54 bits per heavy atom. The van der Waals surface area contributed by atoms with Crippen molar-refractivity contribution in [3.63, 3.8) is 0 Å². The minimum absolute atomic E-state index is 0.00311. The van der Waals surface area contributed by atoms with E-state index in [0.29, 0.717) is 38.5 Å². The summed E-state index contributed by atoms with van der Waals surface area (Å²) in [6, 6.07) is 3.68. The minimum atomic E-state index is -5.28. The average Bonchev–Trinajstić information content (AvgIpc) is 3.33.